The third-order valence-corrected chi connectivity index (χ3v) is 12.7. The smallest absolute Gasteiger partial charge is 0.0561 e. The van der Waals surface area contributed by atoms with E-state index in [0.29, 0.717) is 0 Å². The SMILES string of the molecule is CC(C)(C)c1ccc(N(c2ccc3c4ccccc4c4ccccc4c3c2)c2ccc3c4ccccc4n(-c4ccc5c(c4)C(C)(C)c4ccccc4-5)c3c2)cc1. The Kier molecular flexibility index (Phi) is 7.20. The van der Waals surface area contributed by atoms with Crippen LogP contribution in [0.2, 0.25) is 0 Å². The lowest BCUT2D eigenvalue weighted by molar-refractivity contribution is 0.590. The number of hydrogen-bond acceptors (Lipinski definition) is 1. The van der Waals surface area contributed by atoms with E-state index in [0.717, 1.165) is 17.1 Å². The van der Waals surface area contributed by atoms with Crippen LogP contribution in [0.15, 0.2) is 176 Å². The van der Waals surface area contributed by atoms with E-state index in [1.807, 2.05) is 0 Å². The molecule has 1 aromatic heterocycles. The Morgan fingerprint density at radius 3 is 1.60 bits per heavy atom. The Morgan fingerprint density at radius 2 is 0.912 bits per heavy atom. The number of anilines is 3. The maximum absolute atomic E-state index is 2.48. The summed E-state index contributed by atoms with van der Waals surface area (Å²) in [4.78, 5) is 2.44. The average molecular weight is 733 g/mol. The minimum atomic E-state index is -0.0898. The lowest BCUT2D eigenvalue weighted by Gasteiger charge is -2.28. The number of hydrogen-bond donors (Lipinski definition) is 0. The zero-order valence-corrected chi connectivity index (χ0v) is 33.1. The molecule has 0 unspecified atom stereocenters. The molecule has 0 saturated carbocycles. The van der Waals surface area contributed by atoms with E-state index < -0.39 is 0 Å². The third kappa shape index (κ3) is 5.03. The highest BCUT2D eigenvalue weighted by Crippen LogP contribution is 2.50. The second-order valence-electron chi connectivity index (χ2n) is 17.4. The summed E-state index contributed by atoms with van der Waals surface area (Å²) in [7, 11) is 0. The second-order valence-corrected chi connectivity index (χ2v) is 17.4. The van der Waals surface area contributed by atoms with E-state index in [9.17, 15) is 0 Å². The zero-order valence-electron chi connectivity index (χ0n) is 33.1. The van der Waals surface area contributed by atoms with Gasteiger partial charge in [0.25, 0.3) is 0 Å². The predicted octanol–water partition coefficient (Wildman–Crippen LogP) is 15.3. The van der Waals surface area contributed by atoms with Crippen LogP contribution in [0.4, 0.5) is 17.1 Å². The van der Waals surface area contributed by atoms with Crippen LogP contribution in [0, 0.1) is 0 Å². The molecule has 11 rings (SSSR count). The van der Waals surface area contributed by atoms with Crippen LogP contribution < -0.4 is 4.90 Å². The maximum Gasteiger partial charge on any atom is 0.0561 e. The summed E-state index contributed by atoms with van der Waals surface area (Å²) in [5, 5.41) is 10.2. The first-order valence-electron chi connectivity index (χ1n) is 20.2. The Morgan fingerprint density at radius 1 is 0.404 bits per heavy atom. The topological polar surface area (TPSA) is 8.17 Å². The van der Waals surface area contributed by atoms with Crippen molar-refractivity contribution in [2.24, 2.45) is 0 Å². The van der Waals surface area contributed by atoms with Gasteiger partial charge in [-0.1, -0.05) is 156 Å². The van der Waals surface area contributed by atoms with Gasteiger partial charge in [0.2, 0.25) is 0 Å². The van der Waals surface area contributed by atoms with Gasteiger partial charge in [0.1, 0.15) is 0 Å². The molecule has 1 aliphatic rings. The monoisotopic (exact) mass is 732 g/mol. The van der Waals surface area contributed by atoms with E-state index in [1.165, 1.54) is 87.6 Å². The van der Waals surface area contributed by atoms with Crippen molar-refractivity contribution in [1.82, 2.24) is 4.57 Å². The molecule has 0 atom stereocenters. The van der Waals surface area contributed by atoms with Gasteiger partial charge in [-0.05, 0) is 120 Å². The van der Waals surface area contributed by atoms with Crippen molar-refractivity contribution in [2.75, 3.05) is 4.90 Å². The molecule has 0 saturated heterocycles. The highest BCUT2D eigenvalue weighted by atomic mass is 15.1. The van der Waals surface area contributed by atoms with Crippen molar-refractivity contribution in [3.8, 4) is 16.8 Å². The van der Waals surface area contributed by atoms with Crippen molar-refractivity contribution < 1.29 is 0 Å². The molecular formula is C55H44N2. The second kappa shape index (κ2) is 12.2. The van der Waals surface area contributed by atoms with E-state index in [-0.39, 0.29) is 10.8 Å². The molecule has 1 aliphatic carbocycles. The molecule has 0 N–H and O–H groups in total. The van der Waals surface area contributed by atoms with Crippen LogP contribution in [0.3, 0.4) is 0 Å². The fourth-order valence-corrected chi connectivity index (χ4v) is 9.80. The van der Waals surface area contributed by atoms with Gasteiger partial charge in [-0.25, -0.2) is 0 Å². The van der Waals surface area contributed by atoms with Crippen molar-refractivity contribution in [2.45, 2.75) is 45.4 Å². The first kappa shape index (κ1) is 33.7. The molecule has 1 heterocycles. The molecule has 0 fully saturated rings. The molecule has 57 heavy (non-hydrogen) atoms. The predicted molar refractivity (Wildman–Crippen MR) is 244 cm³/mol. The van der Waals surface area contributed by atoms with Crippen LogP contribution in [0.25, 0.3) is 70.9 Å². The van der Waals surface area contributed by atoms with E-state index in [1.54, 1.807) is 0 Å². The van der Waals surface area contributed by atoms with Gasteiger partial charge in [0.05, 0.1) is 11.0 Å². The van der Waals surface area contributed by atoms with Crippen LogP contribution in [0.5, 0.6) is 0 Å². The Hall–Kier alpha value is -6.64. The highest BCUT2D eigenvalue weighted by molar-refractivity contribution is 6.26. The Balaban J connectivity index is 1.16. The fraction of sp³-hybridized carbons (Fsp3) is 0.127. The van der Waals surface area contributed by atoms with Gasteiger partial charge >= 0.3 is 0 Å². The minimum absolute atomic E-state index is 0.0535. The van der Waals surface area contributed by atoms with Crippen molar-refractivity contribution in [3.05, 3.63) is 193 Å². The first-order valence-corrected chi connectivity index (χ1v) is 20.2. The molecule has 0 aliphatic heterocycles. The number of fused-ring (bicyclic) bond motifs is 12. The van der Waals surface area contributed by atoms with E-state index in [4.69, 9.17) is 0 Å². The van der Waals surface area contributed by atoms with Gasteiger partial charge in [0.15, 0.2) is 0 Å². The summed E-state index contributed by atoms with van der Waals surface area (Å²) >= 11 is 0. The summed E-state index contributed by atoms with van der Waals surface area (Å²) in [6, 6.07) is 65.8. The van der Waals surface area contributed by atoms with Crippen molar-refractivity contribution in [3.63, 3.8) is 0 Å². The van der Waals surface area contributed by atoms with Crippen molar-refractivity contribution >= 4 is 71.2 Å². The minimum Gasteiger partial charge on any atom is -0.310 e. The molecule has 0 amide bonds. The number of rotatable bonds is 4. The molecule has 0 spiro atoms. The molecule has 274 valence electrons. The Labute approximate surface area is 334 Å². The van der Waals surface area contributed by atoms with Gasteiger partial charge in [-0.2, -0.15) is 0 Å². The van der Waals surface area contributed by atoms with Crippen LogP contribution >= 0.6 is 0 Å². The summed E-state index contributed by atoms with van der Waals surface area (Å²) in [6.45, 7) is 11.6. The van der Waals surface area contributed by atoms with Crippen LogP contribution in [0.1, 0.15) is 51.3 Å². The molecule has 0 bridgehead atoms. The number of para-hydroxylation sites is 1. The third-order valence-electron chi connectivity index (χ3n) is 12.7. The number of aromatic nitrogens is 1. The fourth-order valence-electron chi connectivity index (χ4n) is 9.80. The maximum atomic E-state index is 2.48. The van der Waals surface area contributed by atoms with Crippen molar-refractivity contribution in [1.29, 1.82) is 0 Å². The van der Waals surface area contributed by atoms with Gasteiger partial charge in [0, 0.05) is 38.9 Å². The summed E-state index contributed by atoms with van der Waals surface area (Å²) in [5.41, 5.74) is 13.7. The Bertz CT molecular complexity index is 3210. The van der Waals surface area contributed by atoms with Crippen LogP contribution in [-0.4, -0.2) is 4.57 Å². The molecule has 9 aromatic carbocycles. The van der Waals surface area contributed by atoms with Gasteiger partial charge in [-0.3, -0.25) is 0 Å². The molecule has 0 radical (unpaired) electrons. The molecule has 10 aromatic rings. The lowest BCUT2D eigenvalue weighted by Crippen LogP contribution is -2.15. The van der Waals surface area contributed by atoms with Crippen LogP contribution in [-0.2, 0) is 10.8 Å². The molecule has 2 nitrogen and oxygen atoms in total. The largest absolute Gasteiger partial charge is 0.310 e. The first-order chi connectivity index (χ1) is 27.7. The standard InChI is InChI=1S/C55H44N2/c1-54(2,3)35-22-24-36(25-23-35)56(37-26-29-44-42-16-7-6-14-40(42)41-15-8-9-17-43(41)49(44)32-37)39-28-31-48-47-19-11-13-21-52(47)57(53(48)34-39)38-27-30-46-45-18-10-12-20-50(45)55(4,5)51(46)33-38/h6-34H,1-5H3. The number of nitrogens with zero attached hydrogens (tertiary/aromatic N) is 2. The molecule has 2 heteroatoms. The lowest BCUT2D eigenvalue weighted by atomic mass is 9.82. The average Bonchev–Trinajstić information content (AvgIpc) is 3.68. The zero-order chi connectivity index (χ0) is 38.6. The quantitative estimate of drug-likeness (QED) is 0.164. The molecular weight excluding hydrogens is 689 g/mol. The normalized spacial score (nSPS) is 13.5. The van der Waals surface area contributed by atoms with Gasteiger partial charge in [-0.15, -0.1) is 0 Å². The summed E-state index contributed by atoms with van der Waals surface area (Å²) < 4.78 is 2.48. The number of benzene rings is 9. The van der Waals surface area contributed by atoms with Gasteiger partial charge < -0.3 is 9.47 Å². The summed E-state index contributed by atoms with van der Waals surface area (Å²) in [6.07, 6.45) is 0. The van der Waals surface area contributed by atoms with E-state index in [2.05, 4.69) is 220 Å². The van der Waals surface area contributed by atoms with E-state index >= 15 is 0 Å². The summed E-state index contributed by atoms with van der Waals surface area (Å²) in [5.74, 6) is 0. The highest BCUT2D eigenvalue weighted by Gasteiger charge is 2.35.